The molecule has 0 spiro atoms. The third-order valence-electron chi connectivity index (χ3n) is 3.40. The van der Waals surface area contributed by atoms with Crippen molar-refractivity contribution in [1.82, 2.24) is 15.5 Å². The number of amides is 1. The van der Waals surface area contributed by atoms with E-state index in [0.717, 1.165) is 58.5 Å². The molecule has 2 saturated heterocycles. The molecule has 1 amide bonds. The molecule has 0 aromatic carbocycles. The van der Waals surface area contributed by atoms with Gasteiger partial charge in [-0.25, -0.2) is 0 Å². The Hall–Kier alpha value is -0.610. The lowest BCUT2D eigenvalue weighted by molar-refractivity contribution is -0.126. The molecule has 0 aliphatic carbocycles. The predicted octanol–water partition coefficient (Wildman–Crippen LogP) is -0.192. The van der Waals surface area contributed by atoms with Crippen LogP contribution >= 0.6 is 0 Å². The fourth-order valence-corrected chi connectivity index (χ4v) is 2.38. The average Bonchev–Trinajstić information content (AvgIpc) is 2.29. The summed E-state index contributed by atoms with van der Waals surface area (Å²) in [6, 6.07) is 0. The Kier molecular flexibility index (Phi) is 3.97. The first-order chi connectivity index (χ1) is 7.36. The van der Waals surface area contributed by atoms with Crippen molar-refractivity contribution in [1.29, 1.82) is 0 Å². The van der Waals surface area contributed by atoms with E-state index in [4.69, 9.17) is 0 Å². The molecule has 0 radical (unpaired) electrons. The molecule has 4 nitrogen and oxygen atoms in total. The Bertz CT molecular complexity index is 214. The average molecular weight is 211 g/mol. The summed E-state index contributed by atoms with van der Waals surface area (Å²) in [7, 11) is 0. The molecular weight excluding hydrogens is 190 g/mol. The minimum Gasteiger partial charge on any atom is -0.356 e. The summed E-state index contributed by atoms with van der Waals surface area (Å²) in [6.45, 7) is 6.42. The predicted molar refractivity (Wildman–Crippen MR) is 59.7 cm³/mol. The third kappa shape index (κ3) is 3.18. The smallest absolute Gasteiger partial charge is 0.223 e. The number of piperidine rings is 1. The first kappa shape index (κ1) is 10.9. The number of rotatable bonds is 3. The van der Waals surface area contributed by atoms with Gasteiger partial charge in [0.05, 0.1) is 0 Å². The SMILES string of the molecule is O=C1NCCCC1CCN1CCNCC1. The molecule has 0 aromatic rings. The molecule has 2 heterocycles. The first-order valence-electron chi connectivity index (χ1n) is 6.07. The van der Waals surface area contributed by atoms with Crippen LogP contribution in [0.5, 0.6) is 0 Å². The summed E-state index contributed by atoms with van der Waals surface area (Å²) >= 11 is 0. The largest absolute Gasteiger partial charge is 0.356 e. The van der Waals surface area contributed by atoms with E-state index in [1.807, 2.05) is 0 Å². The van der Waals surface area contributed by atoms with Crippen molar-refractivity contribution < 1.29 is 4.79 Å². The summed E-state index contributed by atoms with van der Waals surface area (Å²) in [5, 5.41) is 6.29. The van der Waals surface area contributed by atoms with Gasteiger partial charge in [-0.3, -0.25) is 4.79 Å². The molecule has 15 heavy (non-hydrogen) atoms. The zero-order chi connectivity index (χ0) is 10.5. The maximum Gasteiger partial charge on any atom is 0.223 e. The molecule has 4 heteroatoms. The van der Waals surface area contributed by atoms with Crippen molar-refractivity contribution in [3.63, 3.8) is 0 Å². The van der Waals surface area contributed by atoms with Gasteiger partial charge in [0.15, 0.2) is 0 Å². The molecule has 2 aliphatic heterocycles. The van der Waals surface area contributed by atoms with E-state index in [2.05, 4.69) is 15.5 Å². The number of carbonyl (C=O) groups is 1. The van der Waals surface area contributed by atoms with E-state index in [1.54, 1.807) is 0 Å². The van der Waals surface area contributed by atoms with Crippen LogP contribution in [0.25, 0.3) is 0 Å². The minimum absolute atomic E-state index is 0.272. The second kappa shape index (κ2) is 5.47. The van der Waals surface area contributed by atoms with E-state index in [-0.39, 0.29) is 11.8 Å². The van der Waals surface area contributed by atoms with Gasteiger partial charge in [0.25, 0.3) is 0 Å². The van der Waals surface area contributed by atoms with Crippen molar-refractivity contribution in [3.8, 4) is 0 Å². The van der Waals surface area contributed by atoms with Gasteiger partial charge >= 0.3 is 0 Å². The molecule has 86 valence electrons. The standard InChI is InChI=1S/C11H21N3O/c15-11-10(2-1-4-13-11)3-7-14-8-5-12-6-9-14/h10,12H,1-9H2,(H,13,15). The topological polar surface area (TPSA) is 44.4 Å². The monoisotopic (exact) mass is 211 g/mol. The van der Waals surface area contributed by atoms with Crippen molar-refractivity contribution in [2.75, 3.05) is 39.3 Å². The number of hydrogen-bond donors (Lipinski definition) is 2. The van der Waals surface area contributed by atoms with Gasteiger partial charge in [-0.2, -0.15) is 0 Å². The lowest BCUT2D eigenvalue weighted by atomic mass is 9.95. The van der Waals surface area contributed by atoms with Crippen LogP contribution in [0.3, 0.4) is 0 Å². The van der Waals surface area contributed by atoms with Crippen molar-refractivity contribution in [2.24, 2.45) is 5.92 Å². The summed E-state index contributed by atoms with van der Waals surface area (Å²) < 4.78 is 0. The zero-order valence-corrected chi connectivity index (χ0v) is 9.30. The van der Waals surface area contributed by atoms with E-state index >= 15 is 0 Å². The van der Waals surface area contributed by atoms with Crippen molar-refractivity contribution in [2.45, 2.75) is 19.3 Å². The van der Waals surface area contributed by atoms with Crippen LogP contribution in [0.15, 0.2) is 0 Å². The second-order valence-electron chi connectivity index (χ2n) is 4.51. The van der Waals surface area contributed by atoms with Gasteiger partial charge in [0, 0.05) is 38.6 Å². The zero-order valence-electron chi connectivity index (χ0n) is 9.30. The normalized spacial score (nSPS) is 28.8. The van der Waals surface area contributed by atoms with E-state index < -0.39 is 0 Å². The summed E-state index contributed by atoms with van der Waals surface area (Å²) in [6.07, 6.45) is 3.27. The molecule has 2 aliphatic rings. The number of carbonyl (C=O) groups excluding carboxylic acids is 1. The highest BCUT2D eigenvalue weighted by molar-refractivity contribution is 5.79. The Morgan fingerprint density at radius 1 is 1.27 bits per heavy atom. The molecule has 1 unspecified atom stereocenters. The van der Waals surface area contributed by atoms with Crippen LogP contribution in [0, 0.1) is 5.92 Å². The summed E-state index contributed by atoms with van der Waals surface area (Å²) in [4.78, 5) is 14.0. The van der Waals surface area contributed by atoms with E-state index in [0.29, 0.717) is 0 Å². The van der Waals surface area contributed by atoms with Gasteiger partial charge in [0.1, 0.15) is 0 Å². The van der Waals surface area contributed by atoms with Crippen LogP contribution in [-0.2, 0) is 4.79 Å². The molecule has 1 atom stereocenters. The highest BCUT2D eigenvalue weighted by Gasteiger charge is 2.22. The van der Waals surface area contributed by atoms with Gasteiger partial charge in [-0.05, 0) is 25.8 Å². The first-order valence-corrected chi connectivity index (χ1v) is 6.07. The molecule has 0 aromatic heterocycles. The maximum atomic E-state index is 11.5. The highest BCUT2D eigenvalue weighted by atomic mass is 16.1. The van der Waals surface area contributed by atoms with Crippen LogP contribution in [0.1, 0.15) is 19.3 Å². The van der Waals surface area contributed by atoms with Crippen LogP contribution < -0.4 is 10.6 Å². The van der Waals surface area contributed by atoms with Gasteiger partial charge < -0.3 is 15.5 Å². The lowest BCUT2D eigenvalue weighted by Crippen LogP contribution is -2.45. The highest BCUT2D eigenvalue weighted by Crippen LogP contribution is 2.15. The van der Waals surface area contributed by atoms with Crippen molar-refractivity contribution >= 4 is 5.91 Å². The molecule has 0 bridgehead atoms. The molecule has 2 fully saturated rings. The number of nitrogens with one attached hydrogen (secondary N) is 2. The molecule has 2 N–H and O–H groups in total. The molecular formula is C11H21N3O. The van der Waals surface area contributed by atoms with E-state index in [1.165, 1.54) is 0 Å². The summed E-state index contributed by atoms with van der Waals surface area (Å²) in [5.74, 6) is 0.546. The fraction of sp³-hybridized carbons (Fsp3) is 0.909. The second-order valence-corrected chi connectivity index (χ2v) is 4.51. The van der Waals surface area contributed by atoms with Gasteiger partial charge in [-0.1, -0.05) is 0 Å². The molecule has 2 rings (SSSR count). The van der Waals surface area contributed by atoms with Crippen LogP contribution in [0.2, 0.25) is 0 Å². The Morgan fingerprint density at radius 3 is 2.80 bits per heavy atom. The van der Waals surface area contributed by atoms with Crippen molar-refractivity contribution in [3.05, 3.63) is 0 Å². The number of nitrogens with zero attached hydrogens (tertiary/aromatic N) is 1. The Balaban J connectivity index is 1.69. The van der Waals surface area contributed by atoms with Crippen LogP contribution in [-0.4, -0.2) is 50.1 Å². The van der Waals surface area contributed by atoms with E-state index in [9.17, 15) is 4.79 Å². The minimum atomic E-state index is 0.272. The number of piperazine rings is 1. The molecule has 0 saturated carbocycles. The van der Waals surface area contributed by atoms with Gasteiger partial charge in [-0.15, -0.1) is 0 Å². The van der Waals surface area contributed by atoms with Gasteiger partial charge in [0.2, 0.25) is 5.91 Å². The Morgan fingerprint density at radius 2 is 2.07 bits per heavy atom. The van der Waals surface area contributed by atoms with Crippen LogP contribution in [0.4, 0.5) is 0 Å². The quantitative estimate of drug-likeness (QED) is 0.680. The Labute approximate surface area is 91.4 Å². The third-order valence-corrected chi connectivity index (χ3v) is 3.40. The summed E-state index contributed by atoms with van der Waals surface area (Å²) in [5.41, 5.74) is 0. The lowest BCUT2D eigenvalue weighted by Gasteiger charge is -2.29. The fourth-order valence-electron chi connectivity index (χ4n) is 2.38. The number of hydrogen-bond acceptors (Lipinski definition) is 3. The maximum absolute atomic E-state index is 11.5.